The summed E-state index contributed by atoms with van der Waals surface area (Å²) in [5.74, 6) is -0.117. The molecule has 5 rings (SSSR count). The summed E-state index contributed by atoms with van der Waals surface area (Å²) in [4.78, 5) is 17.3. The average Bonchev–Trinajstić information content (AvgIpc) is 2.82. The van der Waals surface area contributed by atoms with Crippen LogP contribution in [0.25, 0.3) is 22.1 Å². The molecule has 2 heterocycles. The van der Waals surface area contributed by atoms with Crippen LogP contribution in [0.3, 0.4) is 0 Å². The number of piperazine rings is 1. The molecule has 1 aliphatic rings. The monoisotopic (exact) mass is 430 g/mol. The van der Waals surface area contributed by atoms with Crippen molar-refractivity contribution in [1.82, 2.24) is 4.90 Å². The molecule has 1 fully saturated rings. The molecule has 6 heteroatoms. The zero-order valence-electron chi connectivity index (χ0n) is 17.5. The lowest BCUT2D eigenvalue weighted by atomic mass is 10.0. The first-order valence-corrected chi connectivity index (χ1v) is 10.7. The average molecular weight is 430 g/mol. The molecule has 1 N–H and O–H groups in total. The number of hydrogen-bond donors (Lipinski definition) is 1. The first-order chi connectivity index (χ1) is 15.6. The van der Waals surface area contributed by atoms with E-state index in [1.165, 1.54) is 12.3 Å². The highest BCUT2D eigenvalue weighted by Crippen LogP contribution is 2.30. The Bertz CT molecular complexity index is 1310. The van der Waals surface area contributed by atoms with Crippen LogP contribution in [0.15, 0.2) is 82.2 Å². The van der Waals surface area contributed by atoms with Crippen molar-refractivity contribution in [2.45, 2.75) is 6.54 Å². The van der Waals surface area contributed by atoms with Gasteiger partial charge in [0.15, 0.2) is 0 Å². The number of hydrogen-bond acceptors (Lipinski definition) is 5. The number of anilines is 1. The minimum atomic E-state index is -0.219. The summed E-state index contributed by atoms with van der Waals surface area (Å²) >= 11 is 0. The van der Waals surface area contributed by atoms with E-state index in [-0.39, 0.29) is 17.0 Å². The third-order valence-electron chi connectivity index (χ3n) is 6.05. The number of fused-ring (bicyclic) bond motifs is 1. The lowest BCUT2D eigenvalue weighted by Crippen LogP contribution is -2.46. The molecule has 0 atom stereocenters. The highest BCUT2D eigenvalue weighted by Gasteiger charge is 2.22. The van der Waals surface area contributed by atoms with Crippen LogP contribution < -0.4 is 10.3 Å². The molecule has 3 aromatic carbocycles. The van der Waals surface area contributed by atoms with Gasteiger partial charge in [-0.15, -0.1) is 0 Å². The second-order valence-electron chi connectivity index (χ2n) is 8.00. The zero-order chi connectivity index (χ0) is 22.1. The quantitative estimate of drug-likeness (QED) is 0.512. The topological polar surface area (TPSA) is 56.9 Å². The standard InChI is InChI=1S/C26H23FN2O3/c27-22-8-4-5-9-23(22)29-14-12-28(13-15-29)16-20-24(30)11-10-19-25(31)21(17-32-26(19)20)18-6-2-1-3-7-18/h1-11,17,30H,12-16H2. The number of halogens is 1. The van der Waals surface area contributed by atoms with Gasteiger partial charge in [-0.3, -0.25) is 9.69 Å². The molecule has 0 spiro atoms. The number of para-hydroxylation sites is 1. The van der Waals surface area contributed by atoms with E-state index in [0.29, 0.717) is 60.5 Å². The van der Waals surface area contributed by atoms with Crippen LogP contribution in [-0.4, -0.2) is 36.2 Å². The smallest absolute Gasteiger partial charge is 0.200 e. The Morgan fingerprint density at radius 1 is 0.906 bits per heavy atom. The van der Waals surface area contributed by atoms with E-state index in [0.717, 1.165) is 5.56 Å². The molecule has 4 aromatic rings. The Balaban J connectivity index is 1.40. The fourth-order valence-electron chi connectivity index (χ4n) is 4.30. The van der Waals surface area contributed by atoms with Crippen LogP contribution >= 0.6 is 0 Å². The predicted octanol–water partition coefficient (Wildman–Crippen LogP) is 4.63. The summed E-state index contributed by atoms with van der Waals surface area (Å²) < 4.78 is 20.0. The minimum Gasteiger partial charge on any atom is -0.507 e. The van der Waals surface area contributed by atoms with Gasteiger partial charge in [-0.2, -0.15) is 0 Å². The Morgan fingerprint density at radius 3 is 2.38 bits per heavy atom. The van der Waals surface area contributed by atoms with E-state index >= 15 is 0 Å². The third kappa shape index (κ3) is 3.74. The summed E-state index contributed by atoms with van der Waals surface area (Å²) in [5, 5.41) is 11.0. The third-order valence-corrected chi connectivity index (χ3v) is 6.05. The molecule has 32 heavy (non-hydrogen) atoms. The molecule has 0 saturated carbocycles. The van der Waals surface area contributed by atoms with Crippen molar-refractivity contribution >= 4 is 16.7 Å². The molecule has 1 saturated heterocycles. The SMILES string of the molecule is O=c1c(-c2ccccc2)coc2c(CN3CCN(c4ccccc4F)CC3)c(O)ccc12. The fraction of sp³-hybridized carbons (Fsp3) is 0.192. The van der Waals surface area contributed by atoms with Gasteiger partial charge in [0.25, 0.3) is 0 Å². The largest absolute Gasteiger partial charge is 0.507 e. The first kappa shape index (κ1) is 20.3. The fourth-order valence-corrected chi connectivity index (χ4v) is 4.30. The molecule has 0 amide bonds. The van der Waals surface area contributed by atoms with E-state index in [1.807, 2.05) is 41.3 Å². The molecule has 5 nitrogen and oxygen atoms in total. The predicted molar refractivity (Wildman–Crippen MR) is 123 cm³/mol. The van der Waals surface area contributed by atoms with Gasteiger partial charge in [0, 0.05) is 32.7 Å². The van der Waals surface area contributed by atoms with Crippen LogP contribution in [0.2, 0.25) is 0 Å². The molecule has 1 aliphatic heterocycles. The lowest BCUT2D eigenvalue weighted by molar-refractivity contribution is 0.246. The van der Waals surface area contributed by atoms with Crippen LogP contribution in [-0.2, 0) is 6.54 Å². The first-order valence-electron chi connectivity index (χ1n) is 10.7. The summed E-state index contributed by atoms with van der Waals surface area (Å²) in [5.41, 5.74) is 2.78. The van der Waals surface area contributed by atoms with E-state index < -0.39 is 0 Å². The highest BCUT2D eigenvalue weighted by atomic mass is 19.1. The van der Waals surface area contributed by atoms with Crippen molar-refractivity contribution in [1.29, 1.82) is 0 Å². The summed E-state index contributed by atoms with van der Waals surface area (Å²) in [6.07, 6.45) is 1.47. The Morgan fingerprint density at radius 2 is 1.62 bits per heavy atom. The van der Waals surface area contributed by atoms with Gasteiger partial charge in [0.1, 0.15) is 23.4 Å². The van der Waals surface area contributed by atoms with Gasteiger partial charge in [-0.25, -0.2) is 4.39 Å². The summed E-state index contributed by atoms with van der Waals surface area (Å²) in [6, 6.07) is 19.4. The molecule has 0 bridgehead atoms. The highest BCUT2D eigenvalue weighted by molar-refractivity contribution is 5.85. The molecular weight excluding hydrogens is 407 g/mol. The van der Waals surface area contributed by atoms with Crippen LogP contribution in [0.4, 0.5) is 10.1 Å². The number of benzene rings is 3. The second-order valence-corrected chi connectivity index (χ2v) is 8.00. The lowest BCUT2D eigenvalue weighted by Gasteiger charge is -2.36. The maximum Gasteiger partial charge on any atom is 0.200 e. The maximum absolute atomic E-state index is 14.1. The van der Waals surface area contributed by atoms with Crippen molar-refractivity contribution in [3.05, 3.63) is 94.6 Å². The molecule has 0 aliphatic carbocycles. The van der Waals surface area contributed by atoms with E-state index in [1.54, 1.807) is 24.3 Å². The number of phenolic OH excluding ortho intramolecular Hbond substituents is 1. The Hall–Kier alpha value is -3.64. The zero-order valence-corrected chi connectivity index (χ0v) is 17.5. The normalized spacial score (nSPS) is 14.7. The Kier molecular flexibility index (Phi) is 5.37. The number of nitrogens with zero attached hydrogens (tertiary/aromatic N) is 2. The van der Waals surface area contributed by atoms with Crippen molar-refractivity contribution in [3.8, 4) is 16.9 Å². The van der Waals surface area contributed by atoms with Crippen molar-refractivity contribution in [2.75, 3.05) is 31.1 Å². The molecular formula is C26H23FN2O3. The van der Waals surface area contributed by atoms with Gasteiger partial charge in [-0.1, -0.05) is 42.5 Å². The van der Waals surface area contributed by atoms with E-state index in [4.69, 9.17) is 4.42 Å². The van der Waals surface area contributed by atoms with Crippen LogP contribution in [0.5, 0.6) is 5.75 Å². The number of aromatic hydroxyl groups is 1. The van der Waals surface area contributed by atoms with Gasteiger partial charge >= 0.3 is 0 Å². The number of phenols is 1. The molecule has 0 unspecified atom stereocenters. The summed E-state index contributed by atoms with van der Waals surface area (Å²) in [6.45, 7) is 3.21. The molecule has 162 valence electrons. The van der Waals surface area contributed by atoms with Gasteiger partial charge in [0.05, 0.1) is 22.2 Å². The van der Waals surface area contributed by atoms with E-state index in [9.17, 15) is 14.3 Å². The second kappa shape index (κ2) is 8.48. The minimum absolute atomic E-state index is 0.102. The Labute approximate surface area is 184 Å². The van der Waals surface area contributed by atoms with E-state index in [2.05, 4.69) is 4.90 Å². The van der Waals surface area contributed by atoms with Crippen molar-refractivity contribution in [2.24, 2.45) is 0 Å². The van der Waals surface area contributed by atoms with Gasteiger partial charge in [0.2, 0.25) is 5.43 Å². The summed E-state index contributed by atoms with van der Waals surface area (Å²) in [7, 11) is 0. The van der Waals surface area contributed by atoms with Crippen LogP contribution in [0, 0.1) is 5.82 Å². The maximum atomic E-state index is 14.1. The molecule has 0 radical (unpaired) electrons. The van der Waals surface area contributed by atoms with Gasteiger partial charge < -0.3 is 14.4 Å². The molecule has 1 aromatic heterocycles. The van der Waals surface area contributed by atoms with Crippen LogP contribution in [0.1, 0.15) is 5.56 Å². The van der Waals surface area contributed by atoms with Crippen molar-refractivity contribution in [3.63, 3.8) is 0 Å². The van der Waals surface area contributed by atoms with Crippen molar-refractivity contribution < 1.29 is 13.9 Å². The van der Waals surface area contributed by atoms with Gasteiger partial charge in [-0.05, 0) is 29.8 Å². The number of rotatable bonds is 4.